The van der Waals surface area contributed by atoms with Crippen LogP contribution in [0.25, 0.3) is 0 Å². The molecule has 0 saturated carbocycles. The van der Waals surface area contributed by atoms with E-state index in [-0.39, 0.29) is 0 Å². The number of benzene rings is 1. The number of nitriles is 1. The fourth-order valence-corrected chi connectivity index (χ4v) is 1.74. The van der Waals surface area contributed by atoms with Crippen molar-refractivity contribution in [1.82, 2.24) is 4.72 Å². The van der Waals surface area contributed by atoms with Gasteiger partial charge >= 0.3 is 0 Å². The van der Waals surface area contributed by atoms with Crippen LogP contribution in [0.3, 0.4) is 0 Å². The topological polar surface area (TPSA) is 68.1 Å². The second-order valence-corrected chi connectivity index (χ2v) is 3.84. The van der Waals surface area contributed by atoms with Crippen molar-refractivity contribution in [2.75, 3.05) is 14.2 Å². The predicted molar refractivity (Wildman–Crippen MR) is 53.2 cm³/mol. The van der Waals surface area contributed by atoms with Crippen molar-refractivity contribution < 1.29 is 9.29 Å². The zero-order valence-electron chi connectivity index (χ0n) is 7.90. The standard InChI is InChI=1S/C9H10N2O2S/c1-11-14(12)9-4-3-7(6-10)5-8(9)13-2/h3-5,11H,1-2H3. The van der Waals surface area contributed by atoms with Crippen LogP contribution in [0.2, 0.25) is 0 Å². The molecule has 1 aromatic carbocycles. The van der Waals surface area contributed by atoms with E-state index in [0.29, 0.717) is 16.2 Å². The molecule has 0 aromatic heterocycles. The predicted octanol–water partition coefficient (Wildman–Crippen LogP) is 0.809. The Bertz CT molecular complexity index is 362. The smallest absolute Gasteiger partial charge is 0.215 e. The molecule has 0 spiro atoms. The molecule has 1 atom stereocenters. The van der Waals surface area contributed by atoms with Crippen LogP contribution in [0.1, 0.15) is 5.56 Å². The van der Waals surface area contributed by atoms with Gasteiger partial charge in [-0.05, 0) is 6.07 Å². The lowest BCUT2D eigenvalue weighted by atomic mass is 10.2. The fourth-order valence-electron chi connectivity index (χ4n) is 1.00. The van der Waals surface area contributed by atoms with Crippen LogP contribution in [0, 0.1) is 11.3 Å². The minimum atomic E-state index is -1.30. The van der Waals surface area contributed by atoms with Gasteiger partial charge in [-0.15, -0.1) is 4.72 Å². The first-order valence-corrected chi connectivity index (χ1v) is 5.05. The largest absolute Gasteiger partial charge is 0.593 e. The highest BCUT2D eigenvalue weighted by atomic mass is 32.2. The van der Waals surface area contributed by atoms with Crippen molar-refractivity contribution in [3.63, 3.8) is 0 Å². The van der Waals surface area contributed by atoms with Gasteiger partial charge in [-0.2, -0.15) is 5.26 Å². The molecule has 14 heavy (non-hydrogen) atoms. The molecular weight excluding hydrogens is 200 g/mol. The third-order valence-corrected chi connectivity index (χ3v) is 2.79. The van der Waals surface area contributed by atoms with Crippen molar-refractivity contribution >= 4 is 11.4 Å². The SMILES string of the molecule is CN[S+]([O-])c1ccc(C#N)cc1OC. The quantitative estimate of drug-likeness (QED) is 0.749. The van der Waals surface area contributed by atoms with E-state index < -0.39 is 11.4 Å². The van der Waals surface area contributed by atoms with Crippen molar-refractivity contribution in [1.29, 1.82) is 5.26 Å². The average molecular weight is 210 g/mol. The fraction of sp³-hybridized carbons (Fsp3) is 0.222. The van der Waals surface area contributed by atoms with Crippen LogP contribution in [-0.4, -0.2) is 18.7 Å². The van der Waals surface area contributed by atoms with Gasteiger partial charge in [0.1, 0.15) is 0 Å². The molecule has 0 radical (unpaired) electrons. The lowest BCUT2D eigenvalue weighted by molar-refractivity contribution is 0.402. The van der Waals surface area contributed by atoms with Gasteiger partial charge in [0.2, 0.25) is 4.90 Å². The summed E-state index contributed by atoms with van der Waals surface area (Å²) in [5.74, 6) is 0.455. The number of ether oxygens (including phenoxy) is 1. The van der Waals surface area contributed by atoms with Crippen LogP contribution in [0.4, 0.5) is 0 Å². The third-order valence-electron chi connectivity index (χ3n) is 1.68. The molecule has 1 N–H and O–H groups in total. The molecular formula is C9H10N2O2S. The molecule has 0 aliphatic rings. The highest BCUT2D eigenvalue weighted by Crippen LogP contribution is 2.24. The molecule has 5 heteroatoms. The summed E-state index contributed by atoms with van der Waals surface area (Å²) in [7, 11) is 3.07. The number of hydrogen-bond acceptors (Lipinski definition) is 4. The average Bonchev–Trinajstić information content (AvgIpc) is 2.27. The molecule has 74 valence electrons. The third kappa shape index (κ3) is 2.17. The Kier molecular flexibility index (Phi) is 3.77. The molecule has 1 unspecified atom stereocenters. The number of hydrogen-bond donors (Lipinski definition) is 1. The molecule has 0 amide bonds. The number of methoxy groups -OCH3 is 1. The normalized spacial score (nSPS) is 11.9. The Hall–Kier alpha value is -1.22. The van der Waals surface area contributed by atoms with E-state index in [9.17, 15) is 4.55 Å². The summed E-state index contributed by atoms with van der Waals surface area (Å²) in [6.45, 7) is 0. The van der Waals surface area contributed by atoms with E-state index in [0.717, 1.165) is 0 Å². The number of nitrogens with zero attached hydrogens (tertiary/aromatic N) is 1. The van der Waals surface area contributed by atoms with Gasteiger partial charge < -0.3 is 9.29 Å². The Morgan fingerprint density at radius 3 is 2.79 bits per heavy atom. The Morgan fingerprint density at radius 1 is 1.57 bits per heavy atom. The van der Waals surface area contributed by atoms with Gasteiger partial charge in [0.15, 0.2) is 5.75 Å². The zero-order valence-corrected chi connectivity index (χ0v) is 8.72. The zero-order chi connectivity index (χ0) is 10.6. The maximum Gasteiger partial charge on any atom is 0.215 e. The first-order chi connectivity index (χ1) is 6.72. The molecule has 1 rings (SSSR count). The maximum atomic E-state index is 11.4. The van der Waals surface area contributed by atoms with Gasteiger partial charge in [0.25, 0.3) is 0 Å². The molecule has 0 heterocycles. The van der Waals surface area contributed by atoms with Crippen molar-refractivity contribution in [3.8, 4) is 11.8 Å². The van der Waals surface area contributed by atoms with Gasteiger partial charge in [0.05, 0.1) is 30.1 Å². The van der Waals surface area contributed by atoms with Crippen molar-refractivity contribution in [2.24, 2.45) is 0 Å². The van der Waals surface area contributed by atoms with Gasteiger partial charge in [0, 0.05) is 19.2 Å². The summed E-state index contributed by atoms with van der Waals surface area (Å²) >= 11 is -1.30. The summed E-state index contributed by atoms with van der Waals surface area (Å²) < 4.78 is 19.1. The second kappa shape index (κ2) is 4.86. The maximum absolute atomic E-state index is 11.4. The lowest BCUT2D eigenvalue weighted by Gasteiger charge is -2.10. The van der Waals surface area contributed by atoms with E-state index >= 15 is 0 Å². The Labute approximate surface area is 85.8 Å². The first-order valence-electron chi connectivity index (χ1n) is 3.90. The van der Waals surface area contributed by atoms with Crippen LogP contribution in [0.15, 0.2) is 23.1 Å². The summed E-state index contributed by atoms with van der Waals surface area (Å²) in [5.41, 5.74) is 0.485. The highest BCUT2D eigenvalue weighted by molar-refractivity contribution is 7.89. The van der Waals surface area contributed by atoms with Gasteiger partial charge in [-0.25, -0.2) is 0 Å². The summed E-state index contributed by atoms with van der Waals surface area (Å²) in [6, 6.07) is 6.77. The second-order valence-electron chi connectivity index (χ2n) is 2.45. The molecule has 0 bridgehead atoms. The van der Waals surface area contributed by atoms with Crippen molar-refractivity contribution in [2.45, 2.75) is 4.90 Å². The molecule has 0 fully saturated rings. The first kappa shape index (κ1) is 10.9. The van der Waals surface area contributed by atoms with Crippen molar-refractivity contribution in [3.05, 3.63) is 23.8 Å². The van der Waals surface area contributed by atoms with Gasteiger partial charge in [-0.1, -0.05) is 0 Å². The van der Waals surface area contributed by atoms with Crippen LogP contribution >= 0.6 is 0 Å². The van der Waals surface area contributed by atoms with E-state index in [2.05, 4.69) is 4.72 Å². The summed E-state index contributed by atoms with van der Waals surface area (Å²) in [4.78, 5) is 0.536. The molecule has 0 aliphatic carbocycles. The van der Waals surface area contributed by atoms with Crippen LogP contribution in [0.5, 0.6) is 5.75 Å². The van der Waals surface area contributed by atoms with Crippen LogP contribution < -0.4 is 9.46 Å². The van der Waals surface area contributed by atoms with E-state index in [1.807, 2.05) is 6.07 Å². The highest BCUT2D eigenvalue weighted by Gasteiger charge is 2.16. The van der Waals surface area contributed by atoms with E-state index in [4.69, 9.17) is 10.00 Å². The monoisotopic (exact) mass is 210 g/mol. The molecule has 0 aliphatic heterocycles. The Balaban J connectivity index is 3.13. The lowest BCUT2D eigenvalue weighted by Crippen LogP contribution is -2.19. The number of nitrogens with one attached hydrogen (secondary N) is 1. The number of rotatable bonds is 3. The van der Waals surface area contributed by atoms with Crippen LogP contribution in [-0.2, 0) is 11.4 Å². The Morgan fingerprint density at radius 2 is 2.29 bits per heavy atom. The molecule has 1 aromatic rings. The summed E-state index contributed by atoms with van der Waals surface area (Å²) in [6.07, 6.45) is 0. The molecule has 4 nitrogen and oxygen atoms in total. The van der Waals surface area contributed by atoms with E-state index in [1.54, 1.807) is 25.2 Å². The molecule has 0 saturated heterocycles. The summed E-state index contributed by atoms with van der Waals surface area (Å²) in [5, 5.41) is 8.65. The minimum Gasteiger partial charge on any atom is -0.593 e. The van der Waals surface area contributed by atoms with E-state index in [1.165, 1.54) is 7.11 Å². The minimum absolute atomic E-state index is 0.455. The van der Waals surface area contributed by atoms with Gasteiger partial charge in [-0.3, -0.25) is 0 Å².